The van der Waals surface area contributed by atoms with Crippen LogP contribution in [-0.2, 0) is 11.2 Å². The molecule has 0 heterocycles. The fourth-order valence-corrected chi connectivity index (χ4v) is 1.69. The van der Waals surface area contributed by atoms with Gasteiger partial charge in [0, 0.05) is 12.1 Å². The molecule has 0 radical (unpaired) electrons. The van der Waals surface area contributed by atoms with E-state index < -0.39 is 6.04 Å². The molecule has 1 rings (SSSR count). The minimum Gasteiger partial charge on any atom is -0.353 e. The van der Waals surface area contributed by atoms with Crippen molar-refractivity contribution < 1.29 is 4.79 Å². The zero-order chi connectivity index (χ0) is 15.2. The van der Waals surface area contributed by atoms with E-state index in [0.29, 0.717) is 13.0 Å². The monoisotopic (exact) mass is 277 g/mol. The van der Waals surface area contributed by atoms with Crippen molar-refractivity contribution in [1.82, 2.24) is 10.2 Å². The third-order valence-electron chi connectivity index (χ3n) is 3.83. The van der Waals surface area contributed by atoms with Crippen LogP contribution in [0.1, 0.15) is 25.8 Å². The molecule has 0 aliphatic heterocycles. The van der Waals surface area contributed by atoms with Gasteiger partial charge < -0.3 is 16.0 Å². The minimum absolute atomic E-state index is 0.0733. The molecule has 1 aromatic rings. The van der Waals surface area contributed by atoms with Crippen LogP contribution >= 0.6 is 0 Å². The van der Waals surface area contributed by atoms with Gasteiger partial charge in [-0.25, -0.2) is 0 Å². The molecule has 0 saturated carbocycles. The molecular weight excluding hydrogens is 250 g/mol. The van der Waals surface area contributed by atoms with Gasteiger partial charge in [0.2, 0.25) is 5.91 Å². The molecule has 0 aliphatic carbocycles. The fraction of sp³-hybridized carbons (Fsp3) is 0.562. The highest BCUT2D eigenvalue weighted by Gasteiger charge is 2.22. The van der Waals surface area contributed by atoms with Crippen LogP contribution in [0.15, 0.2) is 30.3 Å². The molecule has 112 valence electrons. The molecule has 4 heteroatoms. The number of carbonyl (C=O) groups is 1. The molecule has 0 saturated heterocycles. The molecule has 20 heavy (non-hydrogen) atoms. The Morgan fingerprint density at radius 1 is 1.30 bits per heavy atom. The lowest BCUT2D eigenvalue weighted by atomic mass is 10.0. The Balaban J connectivity index is 2.36. The highest BCUT2D eigenvalue weighted by atomic mass is 16.2. The molecule has 0 bridgehead atoms. The number of aryl methyl sites for hydroxylation is 1. The van der Waals surface area contributed by atoms with Gasteiger partial charge in [0.15, 0.2) is 0 Å². The van der Waals surface area contributed by atoms with Gasteiger partial charge in [-0.1, -0.05) is 30.3 Å². The predicted octanol–water partition coefficient (Wildman–Crippen LogP) is 1.40. The standard InChI is InChI=1S/C16H27N3O/c1-16(2,19(3)4)12-18-15(20)14(17)11-10-13-8-6-5-7-9-13/h5-9,14H,10-12,17H2,1-4H3,(H,18,20)/t14-/m0/s1. The Morgan fingerprint density at radius 2 is 1.90 bits per heavy atom. The Labute approximate surface area is 122 Å². The Hall–Kier alpha value is -1.39. The molecule has 0 spiro atoms. The van der Waals surface area contributed by atoms with Gasteiger partial charge >= 0.3 is 0 Å². The molecule has 0 fully saturated rings. The summed E-state index contributed by atoms with van der Waals surface area (Å²) in [5.74, 6) is -0.0733. The number of rotatable bonds is 7. The first kappa shape index (κ1) is 16.7. The second-order valence-corrected chi connectivity index (χ2v) is 6.06. The van der Waals surface area contributed by atoms with Gasteiger partial charge in [-0.3, -0.25) is 4.79 Å². The molecule has 0 aliphatic rings. The van der Waals surface area contributed by atoms with Gasteiger partial charge in [-0.2, -0.15) is 0 Å². The summed E-state index contributed by atoms with van der Waals surface area (Å²) in [6, 6.07) is 9.65. The average Bonchev–Trinajstić information content (AvgIpc) is 2.43. The Kier molecular flexibility index (Phi) is 6.17. The van der Waals surface area contributed by atoms with Gasteiger partial charge in [0.05, 0.1) is 6.04 Å². The lowest BCUT2D eigenvalue weighted by Gasteiger charge is -2.33. The normalized spacial score (nSPS) is 13.3. The molecule has 1 aromatic carbocycles. The van der Waals surface area contributed by atoms with Gasteiger partial charge in [-0.15, -0.1) is 0 Å². The van der Waals surface area contributed by atoms with E-state index in [1.807, 2.05) is 32.3 Å². The summed E-state index contributed by atoms with van der Waals surface area (Å²) in [6.07, 6.45) is 1.49. The fourth-order valence-electron chi connectivity index (χ4n) is 1.69. The summed E-state index contributed by atoms with van der Waals surface area (Å²) in [4.78, 5) is 14.1. The predicted molar refractivity (Wildman–Crippen MR) is 83.5 cm³/mol. The molecule has 0 aromatic heterocycles. The average molecular weight is 277 g/mol. The van der Waals surface area contributed by atoms with Crippen LogP contribution < -0.4 is 11.1 Å². The van der Waals surface area contributed by atoms with E-state index in [4.69, 9.17) is 5.73 Å². The maximum Gasteiger partial charge on any atom is 0.236 e. The molecule has 0 unspecified atom stereocenters. The highest BCUT2D eigenvalue weighted by Crippen LogP contribution is 2.08. The van der Waals surface area contributed by atoms with Gasteiger partial charge in [0.1, 0.15) is 0 Å². The van der Waals surface area contributed by atoms with Crippen molar-refractivity contribution in [1.29, 1.82) is 0 Å². The van der Waals surface area contributed by atoms with E-state index in [2.05, 4.69) is 36.2 Å². The second-order valence-electron chi connectivity index (χ2n) is 6.06. The number of nitrogens with two attached hydrogens (primary N) is 1. The van der Waals surface area contributed by atoms with E-state index in [1.165, 1.54) is 5.56 Å². The van der Waals surface area contributed by atoms with E-state index in [9.17, 15) is 4.79 Å². The third-order valence-corrected chi connectivity index (χ3v) is 3.83. The first-order valence-corrected chi connectivity index (χ1v) is 7.07. The van der Waals surface area contributed by atoms with Crippen molar-refractivity contribution >= 4 is 5.91 Å². The van der Waals surface area contributed by atoms with Crippen LogP contribution in [-0.4, -0.2) is 43.0 Å². The number of carbonyl (C=O) groups excluding carboxylic acids is 1. The summed E-state index contributed by atoms with van der Waals surface area (Å²) < 4.78 is 0. The van der Waals surface area contributed by atoms with Crippen molar-refractivity contribution in [2.75, 3.05) is 20.6 Å². The lowest BCUT2D eigenvalue weighted by molar-refractivity contribution is -0.123. The number of benzene rings is 1. The summed E-state index contributed by atoms with van der Waals surface area (Å²) >= 11 is 0. The number of likely N-dealkylation sites (N-methyl/N-ethyl adjacent to an activating group) is 1. The molecule has 3 N–H and O–H groups in total. The first-order chi connectivity index (χ1) is 9.33. The SMILES string of the molecule is CN(C)C(C)(C)CNC(=O)[C@@H](N)CCc1ccccc1. The maximum absolute atomic E-state index is 12.0. The summed E-state index contributed by atoms with van der Waals surface area (Å²) in [5.41, 5.74) is 7.08. The number of nitrogens with one attached hydrogen (secondary N) is 1. The maximum atomic E-state index is 12.0. The number of nitrogens with zero attached hydrogens (tertiary/aromatic N) is 1. The molecule has 1 atom stereocenters. The quantitative estimate of drug-likeness (QED) is 0.792. The van der Waals surface area contributed by atoms with Crippen LogP contribution in [0, 0.1) is 0 Å². The molecular formula is C16H27N3O. The van der Waals surface area contributed by atoms with Crippen LogP contribution in [0.2, 0.25) is 0 Å². The number of hydrogen-bond acceptors (Lipinski definition) is 3. The minimum atomic E-state index is -0.451. The van der Waals surface area contributed by atoms with E-state index in [1.54, 1.807) is 0 Å². The van der Waals surface area contributed by atoms with Crippen molar-refractivity contribution in [3.8, 4) is 0 Å². The smallest absolute Gasteiger partial charge is 0.236 e. The van der Waals surface area contributed by atoms with Crippen LogP contribution in [0.5, 0.6) is 0 Å². The van der Waals surface area contributed by atoms with Crippen molar-refractivity contribution in [2.45, 2.75) is 38.3 Å². The summed E-state index contributed by atoms with van der Waals surface area (Å²) in [7, 11) is 4.00. The lowest BCUT2D eigenvalue weighted by Crippen LogP contribution is -2.51. The van der Waals surface area contributed by atoms with E-state index in [0.717, 1.165) is 6.42 Å². The summed E-state index contributed by atoms with van der Waals surface area (Å²) in [6.45, 7) is 4.77. The zero-order valence-electron chi connectivity index (χ0n) is 13.0. The van der Waals surface area contributed by atoms with E-state index >= 15 is 0 Å². The molecule has 4 nitrogen and oxygen atoms in total. The van der Waals surface area contributed by atoms with Crippen LogP contribution in [0.4, 0.5) is 0 Å². The van der Waals surface area contributed by atoms with Crippen molar-refractivity contribution in [3.63, 3.8) is 0 Å². The van der Waals surface area contributed by atoms with Gasteiger partial charge in [0.25, 0.3) is 0 Å². The Morgan fingerprint density at radius 3 is 2.45 bits per heavy atom. The topological polar surface area (TPSA) is 58.4 Å². The van der Waals surface area contributed by atoms with Crippen molar-refractivity contribution in [3.05, 3.63) is 35.9 Å². The highest BCUT2D eigenvalue weighted by molar-refractivity contribution is 5.81. The summed E-state index contributed by atoms with van der Waals surface area (Å²) in [5, 5.41) is 2.93. The largest absolute Gasteiger partial charge is 0.353 e. The van der Waals surface area contributed by atoms with Crippen molar-refractivity contribution in [2.24, 2.45) is 5.73 Å². The number of hydrogen-bond donors (Lipinski definition) is 2. The first-order valence-electron chi connectivity index (χ1n) is 7.07. The van der Waals surface area contributed by atoms with Gasteiger partial charge in [-0.05, 0) is 46.3 Å². The Bertz CT molecular complexity index is 415. The second kappa shape index (κ2) is 7.41. The van der Waals surface area contributed by atoms with Crippen LogP contribution in [0.3, 0.4) is 0 Å². The number of amides is 1. The molecule has 1 amide bonds. The third kappa shape index (κ3) is 5.31. The zero-order valence-corrected chi connectivity index (χ0v) is 13.0. The van der Waals surface area contributed by atoms with Crippen LogP contribution in [0.25, 0.3) is 0 Å². The van der Waals surface area contributed by atoms with E-state index in [-0.39, 0.29) is 11.4 Å².